The van der Waals surface area contributed by atoms with Crippen molar-refractivity contribution in [3.63, 3.8) is 0 Å². The smallest absolute Gasteiger partial charge is 0.200 e. The van der Waals surface area contributed by atoms with Crippen LogP contribution in [0.5, 0.6) is 0 Å². The summed E-state index contributed by atoms with van der Waals surface area (Å²) in [6.07, 6.45) is 6.35. The molecule has 0 fully saturated rings. The molecule has 4 nitrogen and oxygen atoms in total. The SMILES string of the molecule is CCc1cccnc1Cn1ccnc1N. The number of imidazole rings is 1. The summed E-state index contributed by atoms with van der Waals surface area (Å²) < 4.78 is 1.89. The van der Waals surface area contributed by atoms with Crippen LogP contribution in [0.2, 0.25) is 0 Å². The Kier molecular flexibility index (Phi) is 2.67. The summed E-state index contributed by atoms with van der Waals surface area (Å²) in [6.45, 7) is 2.81. The number of anilines is 1. The summed E-state index contributed by atoms with van der Waals surface area (Å²) in [4.78, 5) is 8.34. The van der Waals surface area contributed by atoms with Gasteiger partial charge in [-0.2, -0.15) is 0 Å². The van der Waals surface area contributed by atoms with E-state index in [-0.39, 0.29) is 0 Å². The molecule has 2 rings (SSSR count). The molecular weight excluding hydrogens is 188 g/mol. The predicted octanol–water partition coefficient (Wildman–Crippen LogP) is 1.47. The third kappa shape index (κ3) is 1.98. The second-order valence-electron chi connectivity index (χ2n) is 3.38. The van der Waals surface area contributed by atoms with Crippen molar-refractivity contribution in [2.24, 2.45) is 0 Å². The molecule has 0 bridgehead atoms. The van der Waals surface area contributed by atoms with Crippen LogP contribution < -0.4 is 5.73 Å². The van der Waals surface area contributed by atoms with E-state index in [1.54, 1.807) is 6.20 Å². The zero-order valence-electron chi connectivity index (χ0n) is 8.72. The fourth-order valence-corrected chi connectivity index (χ4v) is 1.57. The van der Waals surface area contributed by atoms with E-state index in [9.17, 15) is 0 Å². The molecule has 0 unspecified atom stereocenters. The molecule has 4 heteroatoms. The van der Waals surface area contributed by atoms with Gasteiger partial charge in [0.15, 0.2) is 5.95 Å². The van der Waals surface area contributed by atoms with Gasteiger partial charge < -0.3 is 10.3 Å². The van der Waals surface area contributed by atoms with Gasteiger partial charge >= 0.3 is 0 Å². The Balaban J connectivity index is 2.28. The van der Waals surface area contributed by atoms with E-state index in [1.165, 1.54) is 5.56 Å². The third-order valence-corrected chi connectivity index (χ3v) is 2.43. The van der Waals surface area contributed by atoms with Gasteiger partial charge in [-0.15, -0.1) is 0 Å². The van der Waals surface area contributed by atoms with Gasteiger partial charge in [0.2, 0.25) is 0 Å². The molecule has 2 N–H and O–H groups in total. The number of nitrogen functional groups attached to an aromatic ring is 1. The van der Waals surface area contributed by atoms with Crippen molar-refractivity contribution in [3.8, 4) is 0 Å². The van der Waals surface area contributed by atoms with Crippen molar-refractivity contribution in [1.82, 2.24) is 14.5 Å². The summed E-state index contributed by atoms with van der Waals surface area (Å²) in [5, 5.41) is 0. The maximum atomic E-state index is 5.70. The van der Waals surface area contributed by atoms with Crippen LogP contribution in [0.1, 0.15) is 18.2 Å². The molecule has 0 atom stereocenters. The molecule has 2 heterocycles. The Morgan fingerprint density at radius 1 is 1.33 bits per heavy atom. The monoisotopic (exact) mass is 202 g/mol. The minimum Gasteiger partial charge on any atom is -0.369 e. The molecule has 0 saturated carbocycles. The van der Waals surface area contributed by atoms with Crippen LogP contribution in [0, 0.1) is 0 Å². The molecule has 0 spiro atoms. The molecule has 2 aromatic heterocycles. The van der Waals surface area contributed by atoms with E-state index >= 15 is 0 Å². The summed E-state index contributed by atoms with van der Waals surface area (Å²) in [7, 11) is 0. The van der Waals surface area contributed by atoms with E-state index in [4.69, 9.17) is 5.73 Å². The highest BCUT2D eigenvalue weighted by atomic mass is 15.1. The van der Waals surface area contributed by atoms with Crippen LogP contribution >= 0.6 is 0 Å². The van der Waals surface area contributed by atoms with Gasteiger partial charge in [0, 0.05) is 18.6 Å². The van der Waals surface area contributed by atoms with Gasteiger partial charge in [0.25, 0.3) is 0 Å². The van der Waals surface area contributed by atoms with Crippen molar-refractivity contribution in [2.75, 3.05) is 5.73 Å². The first-order valence-corrected chi connectivity index (χ1v) is 5.00. The zero-order chi connectivity index (χ0) is 10.7. The molecule has 0 aromatic carbocycles. The van der Waals surface area contributed by atoms with Crippen LogP contribution in [-0.2, 0) is 13.0 Å². The first kappa shape index (κ1) is 9.71. The Hall–Kier alpha value is -1.84. The number of rotatable bonds is 3. The summed E-state index contributed by atoms with van der Waals surface area (Å²) in [5.74, 6) is 0.530. The Bertz CT molecular complexity index is 447. The number of aromatic nitrogens is 3. The number of nitrogens with two attached hydrogens (primary N) is 1. The lowest BCUT2D eigenvalue weighted by Crippen LogP contribution is -2.07. The topological polar surface area (TPSA) is 56.7 Å². The van der Waals surface area contributed by atoms with E-state index in [0.717, 1.165) is 12.1 Å². The fourth-order valence-electron chi connectivity index (χ4n) is 1.57. The predicted molar refractivity (Wildman–Crippen MR) is 59.4 cm³/mol. The quantitative estimate of drug-likeness (QED) is 0.820. The molecule has 78 valence electrons. The highest BCUT2D eigenvalue weighted by Crippen LogP contribution is 2.10. The summed E-state index contributed by atoms with van der Waals surface area (Å²) >= 11 is 0. The van der Waals surface area contributed by atoms with Crippen LogP contribution in [0.15, 0.2) is 30.7 Å². The Morgan fingerprint density at radius 2 is 2.20 bits per heavy atom. The normalized spacial score (nSPS) is 10.5. The highest BCUT2D eigenvalue weighted by molar-refractivity contribution is 5.23. The second-order valence-corrected chi connectivity index (χ2v) is 3.38. The lowest BCUT2D eigenvalue weighted by Gasteiger charge is -2.07. The number of hydrogen-bond donors (Lipinski definition) is 1. The average molecular weight is 202 g/mol. The number of hydrogen-bond acceptors (Lipinski definition) is 3. The van der Waals surface area contributed by atoms with Gasteiger partial charge in [-0.3, -0.25) is 4.98 Å². The standard InChI is InChI=1S/C11H14N4/c1-2-9-4-3-5-13-10(9)8-15-7-6-14-11(15)12/h3-7H,2,8H2,1H3,(H2,12,14). The van der Waals surface area contributed by atoms with E-state index < -0.39 is 0 Å². The molecule has 0 saturated heterocycles. The lowest BCUT2D eigenvalue weighted by molar-refractivity contribution is 0.771. The van der Waals surface area contributed by atoms with Crippen molar-refractivity contribution in [1.29, 1.82) is 0 Å². The van der Waals surface area contributed by atoms with Crippen LogP contribution in [0.3, 0.4) is 0 Å². The van der Waals surface area contributed by atoms with E-state index in [2.05, 4.69) is 23.0 Å². The minimum absolute atomic E-state index is 0.530. The number of aryl methyl sites for hydroxylation is 1. The molecule has 15 heavy (non-hydrogen) atoms. The molecule has 0 aliphatic heterocycles. The molecule has 0 aliphatic carbocycles. The Labute approximate surface area is 88.8 Å². The summed E-state index contributed by atoms with van der Waals surface area (Å²) in [6, 6.07) is 4.05. The Morgan fingerprint density at radius 3 is 2.87 bits per heavy atom. The molecule has 0 radical (unpaired) electrons. The molecular formula is C11H14N4. The third-order valence-electron chi connectivity index (χ3n) is 2.43. The zero-order valence-corrected chi connectivity index (χ0v) is 8.72. The van der Waals surface area contributed by atoms with Crippen LogP contribution in [-0.4, -0.2) is 14.5 Å². The maximum absolute atomic E-state index is 5.70. The first-order chi connectivity index (χ1) is 7.31. The highest BCUT2D eigenvalue weighted by Gasteiger charge is 2.04. The minimum atomic E-state index is 0.530. The largest absolute Gasteiger partial charge is 0.369 e. The summed E-state index contributed by atoms with van der Waals surface area (Å²) in [5.41, 5.74) is 8.02. The van der Waals surface area contributed by atoms with E-state index in [1.807, 2.05) is 23.0 Å². The lowest BCUT2D eigenvalue weighted by atomic mass is 10.1. The van der Waals surface area contributed by atoms with Gasteiger partial charge in [-0.05, 0) is 18.1 Å². The van der Waals surface area contributed by atoms with Crippen LogP contribution in [0.25, 0.3) is 0 Å². The van der Waals surface area contributed by atoms with Crippen molar-refractivity contribution >= 4 is 5.95 Å². The van der Waals surface area contributed by atoms with Gasteiger partial charge in [-0.1, -0.05) is 13.0 Å². The molecule has 2 aromatic rings. The average Bonchev–Trinajstić information content (AvgIpc) is 2.65. The van der Waals surface area contributed by atoms with E-state index in [0.29, 0.717) is 12.5 Å². The number of pyridine rings is 1. The van der Waals surface area contributed by atoms with Crippen molar-refractivity contribution < 1.29 is 0 Å². The molecule has 0 amide bonds. The first-order valence-electron chi connectivity index (χ1n) is 5.00. The van der Waals surface area contributed by atoms with Crippen LogP contribution in [0.4, 0.5) is 5.95 Å². The maximum Gasteiger partial charge on any atom is 0.200 e. The van der Waals surface area contributed by atoms with Crippen molar-refractivity contribution in [3.05, 3.63) is 42.0 Å². The van der Waals surface area contributed by atoms with Gasteiger partial charge in [0.05, 0.1) is 12.2 Å². The second kappa shape index (κ2) is 4.13. The number of nitrogens with zero attached hydrogens (tertiary/aromatic N) is 3. The van der Waals surface area contributed by atoms with Gasteiger partial charge in [-0.25, -0.2) is 4.98 Å². The van der Waals surface area contributed by atoms with Crippen molar-refractivity contribution in [2.45, 2.75) is 19.9 Å². The van der Waals surface area contributed by atoms with Gasteiger partial charge in [0.1, 0.15) is 0 Å². The molecule has 0 aliphatic rings. The fraction of sp³-hybridized carbons (Fsp3) is 0.273.